The maximum Gasteiger partial charge on any atom is 0.157 e. The smallest absolute Gasteiger partial charge is 0.157 e. The zero-order valence-corrected chi connectivity index (χ0v) is 11.5. The average molecular weight is 273 g/mol. The molecule has 0 amide bonds. The quantitative estimate of drug-likeness (QED) is 0.858. The van der Waals surface area contributed by atoms with E-state index >= 15 is 0 Å². The highest BCUT2D eigenvalue weighted by atomic mass is 16.7. The minimum atomic E-state index is -0.0160. The molecule has 1 unspecified atom stereocenters. The molecule has 2 fully saturated rings. The lowest BCUT2D eigenvalue weighted by atomic mass is 10.2. The molecule has 0 N–H and O–H groups in total. The predicted molar refractivity (Wildman–Crippen MR) is 74.3 cm³/mol. The van der Waals surface area contributed by atoms with Gasteiger partial charge in [-0.25, -0.2) is 9.97 Å². The van der Waals surface area contributed by atoms with E-state index in [-0.39, 0.29) is 11.8 Å². The van der Waals surface area contributed by atoms with Crippen LogP contribution in [0.3, 0.4) is 0 Å². The molecule has 2 aromatic rings. The van der Waals surface area contributed by atoms with Crippen LogP contribution in [-0.2, 0) is 15.0 Å². The Balaban J connectivity index is 1.52. The fourth-order valence-electron chi connectivity index (χ4n) is 2.95. The Kier molecular flexibility index (Phi) is 2.97. The molecule has 2 aromatic heterocycles. The van der Waals surface area contributed by atoms with Gasteiger partial charge < -0.3 is 14.0 Å². The summed E-state index contributed by atoms with van der Waals surface area (Å²) < 4.78 is 13.9. The second-order valence-corrected chi connectivity index (χ2v) is 5.82. The van der Waals surface area contributed by atoms with Crippen molar-refractivity contribution in [2.24, 2.45) is 0 Å². The third-order valence-corrected chi connectivity index (χ3v) is 4.36. The van der Waals surface area contributed by atoms with E-state index in [1.54, 1.807) is 6.33 Å². The molecule has 1 saturated heterocycles. The van der Waals surface area contributed by atoms with Crippen molar-refractivity contribution in [2.75, 3.05) is 13.2 Å². The number of aromatic nitrogens is 3. The van der Waals surface area contributed by atoms with Crippen LogP contribution < -0.4 is 0 Å². The molecule has 1 atom stereocenters. The van der Waals surface area contributed by atoms with Gasteiger partial charge in [-0.05, 0) is 38.2 Å². The van der Waals surface area contributed by atoms with Crippen LogP contribution in [0, 0.1) is 0 Å². The van der Waals surface area contributed by atoms with Gasteiger partial charge in [0.25, 0.3) is 0 Å². The first-order valence-electron chi connectivity index (χ1n) is 7.38. The monoisotopic (exact) mass is 273 g/mol. The number of nitrogens with zero attached hydrogens (tertiary/aromatic N) is 3. The van der Waals surface area contributed by atoms with Crippen LogP contribution in [0.5, 0.6) is 0 Å². The molecular weight excluding hydrogens is 254 g/mol. The van der Waals surface area contributed by atoms with Gasteiger partial charge in [0, 0.05) is 24.4 Å². The molecule has 5 nitrogen and oxygen atoms in total. The largest absolute Gasteiger partial charge is 0.353 e. The van der Waals surface area contributed by atoms with Crippen molar-refractivity contribution in [1.29, 1.82) is 0 Å². The second-order valence-electron chi connectivity index (χ2n) is 5.82. The van der Waals surface area contributed by atoms with Crippen LogP contribution in [0.25, 0.3) is 11.0 Å². The second kappa shape index (κ2) is 4.82. The summed E-state index contributed by atoms with van der Waals surface area (Å²) in [7, 11) is 0. The summed E-state index contributed by atoms with van der Waals surface area (Å²) in [4.78, 5) is 8.48. The van der Waals surface area contributed by atoms with Crippen LogP contribution in [-0.4, -0.2) is 34.0 Å². The standard InChI is InChI=1S/C15H19N3O2/c1-2-8-19-13(3-1)20-10-15(5-6-15)18-7-4-12-9-16-11-17-14(12)18/h4,7,9,11,13H,1-3,5-6,8,10H2. The summed E-state index contributed by atoms with van der Waals surface area (Å²) in [6, 6.07) is 2.08. The van der Waals surface area contributed by atoms with Gasteiger partial charge >= 0.3 is 0 Å². The van der Waals surface area contributed by atoms with Crippen molar-refractivity contribution >= 4 is 11.0 Å². The van der Waals surface area contributed by atoms with E-state index in [4.69, 9.17) is 9.47 Å². The van der Waals surface area contributed by atoms with Gasteiger partial charge in [-0.3, -0.25) is 0 Å². The van der Waals surface area contributed by atoms with E-state index in [1.165, 1.54) is 6.42 Å². The first-order chi connectivity index (χ1) is 9.87. The van der Waals surface area contributed by atoms with Crippen molar-refractivity contribution in [3.63, 3.8) is 0 Å². The lowest BCUT2D eigenvalue weighted by molar-refractivity contribution is -0.169. The Labute approximate surface area is 117 Å². The molecule has 1 aliphatic heterocycles. The number of fused-ring (bicyclic) bond motifs is 1. The summed E-state index contributed by atoms with van der Waals surface area (Å²) in [5, 5.41) is 1.09. The fraction of sp³-hybridized carbons (Fsp3) is 0.600. The van der Waals surface area contributed by atoms with Crippen molar-refractivity contribution in [2.45, 2.75) is 43.9 Å². The summed E-state index contributed by atoms with van der Waals surface area (Å²) in [6.45, 7) is 1.54. The number of hydrogen-bond donors (Lipinski definition) is 0. The lowest BCUT2D eigenvalue weighted by Crippen LogP contribution is -2.29. The van der Waals surface area contributed by atoms with Crippen LogP contribution in [0.15, 0.2) is 24.8 Å². The van der Waals surface area contributed by atoms with Crippen molar-refractivity contribution in [1.82, 2.24) is 14.5 Å². The average Bonchev–Trinajstić information content (AvgIpc) is 3.17. The van der Waals surface area contributed by atoms with Crippen LogP contribution in [0.2, 0.25) is 0 Å². The molecule has 3 heterocycles. The van der Waals surface area contributed by atoms with E-state index in [2.05, 4.69) is 26.8 Å². The highest BCUT2D eigenvalue weighted by molar-refractivity contribution is 5.75. The maximum atomic E-state index is 6.00. The summed E-state index contributed by atoms with van der Waals surface area (Å²) in [5.74, 6) is 0. The zero-order chi connectivity index (χ0) is 13.4. The topological polar surface area (TPSA) is 49.2 Å². The zero-order valence-electron chi connectivity index (χ0n) is 11.5. The van der Waals surface area contributed by atoms with Crippen LogP contribution in [0.1, 0.15) is 32.1 Å². The maximum absolute atomic E-state index is 6.00. The molecule has 5 heteroatoms. The number of hydrogen-bond acceptors (Lipinski definition) is 4. The number of rotatable bonds is 4. The van der Waals surface area contributed by atoms with E-state index in [0.29, 0.717) is 6.61 Å². The van der Waals surface area contributed by atoms with Gasteiger partial charge in [-0.2, -0.15) is 0 Å². The third kappa shape index (κ3) is 2.11. The number of ether oxygens (including phenoxy) is 2. The van der Waals surface area contributed by atoms with Gasteiger partial charge in [0.1, 0.15) is 12.0 Å². The van der Waals surface area contributed by atoms with Crippen molar-refractivity contribution in [3.8, 4) is 0 Å². The minimum Gasteiger partial charge on any atom is -0.353 e. The van der Waals surface area contributed by atoms with E-state index < -0.39 is 0 Å². The molecule has 106 valence electrons. The lowest BCUT2D eigenvalue weighted by Gasteiger charge is -2.26. The molecule has 0 radical (unpaired) electrons. The Morgan fingerprint density at radius 2 is 2.35 bits per heavy atom. The van der Waals surface area contributed by atoms with Gasteiger partial charge in [-0.15, -0.1) is 0 Å². The Bertz CT molecular complexity index is 600. The highest BCUT2D eigenvalue weighted by Crippen LogP contribution is 2.45. The molecule has 20 heavy (non-hydrogen) atoms. The first kappa shape index (κ1) is 12.3. The molecular formula is C15H19N3O2. The molecule has 0 spiro atoms. The SMILES string of the molecule is c1ncc2ccn(C3(COC4CCCCO4)CC3)c2n1. The summed E-state index contributed by atoms with van der Waals surface area (Å²) >= 11 is 0. The molecule has 0 bridgehead atoms. The van der Waals surface area contributed by atoms with Crippen molar-refractivity contribution < 1.29 is 9.47 Å². The Morgan fingerprint density at radius 1 is 1.40 bits per heavy atom. The molecule has 4 rings (SSSR count). The van der Waals surface area contributed by atoms with E-state index in [1.807, 2.05) is 6.20 Å². The summed E-state index contributed by atoms with van der Waals surface area (Å²) in [6.07, 6.45) is 11.2. The molecule has 0 aromatic carbocycles. The molecule has 1 saturated carbocycles. The van der Waals surface area contributed by atoms with Gasteiger partial charge in [0.15, 0.2) is 6.29 Å². The molecule has 1 aliphatic carbocycles. The Morgan fingerprint density at radius 3 is 3.15 bits per heavy atom. The summed E-state index contributed by atoms with van der Waals surface area (Å²) in [5.41, 5.74) is 1.09. The van der Waals surface area contributed by atoms with Gasteiger partial charge in [0.05, 0.1) is 12.1 Å². The van der Waals surface area contributed by atoms with E-state index in [9.17, 15) is 0 Å². The molecule has 2 aliphatic rings. The highest BCUT2D eigenvalue weighted by Gasteiger charge is 2.46. The van der Waals surface area contributed by atoms with Gasteiger partial charge in [0.2, 0.25) is 0 Å². The van der Waals surface area contributed by atoms with E-state index in [0.717, 1.165) is 43.3 Å². The van der Waals surface area contributed by atoms with Crippen LogP contribution >= 0.6 is 0 Å². The normalized spacial score (nSPS) is 24.9. The predicted octanol–water partition coefficient (Wildman–Crippen LogP) is 2.46. The van der Waals surface area contributed by atoms with Crippen molar-refractivity contribution in [3.05, 3.63) is 24.8 Å². The third-order valence-electron chi connectivity index (χ3n) is 4.36. The Hall–Kier alpha value is -1.46. The first-order valence-corrected chi connectivity index (χ1v) is 7.38. The van der Waals surface area contributed by atoms with Gasteiger partial charge in [-0.1, -0.05) is 0 Å². The fourth-order valence-corrected chi connectivity index (χ4v) is 2.95. The minimum absolute atomic E-state index is 0.0160. The van der Waals surface area contributed by atoms with Crippen LogP contribution in [0.4, 0.5) is 0 Å².